The molecule has 2 aliphatic heterocycles. The highest BCUT2D eigenvalue weighted by Crippen LogP contribution is 2.37. The maximum Gasteiger partial charge on any atom is 0.102 e. The summed E-state index contributed by atoms with van der Waals surface area (Å²) in [7, 11) is 7.13. The van der Waals surface area contributed by atoms with Crippen LogP contribution < -0.4 is 0 Å². The molecule has 0 saturated carbocycles. The predicted molar refractivity (Wildman–Crippen MR) is 105 cm³/mol. The lowest BCUT2D eigenvalue weighted by molar-refractivity contribution is -0.914. The monoisotopic (exact) mass is 346 g/mol. The summed E-state index contributed by atoms with van der Waals surface area (Å²) in [6.07, 6.45) is 6.65. The van der Waals surface area contributed by atoms with Crippen molar-refractivity contribution in [1.82, 2.24) is 0 Å². The van der Waals surface area contributed by atoms with Gasteiger partial charge in [-0.3, -0.25) is 0 Å². The van der Waals surface area contributed by atoms with Gasteiger partial charge in [0.05, 0.1) is 60.5 Å². The lowest BCUT2D eigenvalue weighted by atomic mass is 9.73. The number of rotatable bonds is 6. The first-order valence-corrected chi connectivity index (χ1v) is 10.2. The van der Waals surface area contributed by atoms with Crippen LogP contribution in [0.3, 0.4) is 0 Å². The van der Waals surface area contributed by atoms with E-state index < -0.39 is 0 Å². The van der Waals surface area contributed by atoms with Crippen molar-refractivity contribution >= 4 is 0 Å². The smallest absolute Gasteiger partial charge is 0.102 e. The second-order valence-electron chi connectivity index (χ2n) is 9.43. The van der Waals surface area contributed by atoms with Gasteiger partial charge in [-0.1, -0.05) is 30.3 Å². The quantitative estimate of drug-likeness (QED) is 0.566. The average Bonchev–Trinajstić information content (AvgIpc) is 2.62. The summed E-state index contributed by atoms with van der Waals surface area (Å²) in [5, 5.41) is 0. The third-order valence-electron chi connectivity index (χ3n) is 6.83. The third-order valence-corrected chi connectivity index (χ3v) is 6.83. The Bertz CT molecular complexity index is 524. The standard InChI is InChI=1S/C22H38N2O/c1-23(2)16-12-22(13-17-23,21-10-6-4-7-11-21)20-25-19-18-24(3)14-8-5-9-15-24/h4,6-7,10-11H,5,8-9,12-20H2,1-3H3/q+2. The number of nitrogens with zero attached hydrogens (tertiary/aromatic N) is 2. The topological polar surface area (TPSA) is 9.23 Å². The number of likely N-dealkylation sites (tertiary alicyclic amines) is 2. The van der Waals surface area contributed by atoms with E-state index >= 15 is 0 Å². The van der Waals surface area contributed by atoms with Crippen LogP contribution in [0.2, 0.25) is 0 Å². The number of piperidine rings is 2. The second-order valence-corrected chi connectivity index (χ2v) is 9.43. The zero-order chi connectivity index (χ0) is 17.8. The Morgan fingerprint density at radius 3 is 2.16 bits per heavy atom. The van der Waals surface area contributed by atoms with Crippen molar-refractivity contribution in [1.29, 1.82) is 0 Å². The molecule has 0 bridgehead atoms. The van der Waals surface area contributed by atoms with Crippen molar-refractivity contribution in [3.05, 3.63) is 35.9 Å². The van der Waals surface area contributed by atoms with Crippen molar-refractivity contribution < 1.29 is 13.7 Å². The molecule has 0 radical (unpaired) electrons. The fourth-order valence-corrected chi connectivity index (χ4v) is 4.63. The minimum atomic E-state index is 0.218. The molecule has 0 spiro atoms. The molecule has 1 aromatic carbocycles. The second kappa shape index (κ2) is 7.77. The van der Waals surface area contributed by atoms with Crippen LogP contribution in [0.25, 0.3) is 0 Å². The van der Waals surface area contributed by atoms with Crippen molar-refractivity contribution in [2.45, 2.75) is 37.5 Å². The van der Waals surface area contributed by atoms with E-state index in [4.69, 9.17) is 4.74 Å². The number of benzene rings is 1. The van der Waals surface area contributed by atoms with Gasteiger partial charge in [-0.15, -0.1) is 0 Å². The molecule has 3 nitrogen and oxygen atoms in total. The van der Waals surface area contributed by atoms with E-state index in [1.165, 1.54) is 74.9 Å². The Morgan fingerprint density at radius 1 is 0.880 bits per heavy atom. The van der Waals surface area contributed by atoms with E-state index in [2.05, 4.69) is 51.5 Å². The van der Waals surface area contributed by atoms with Gasteiger partial charge in [0.2, 0.25) is 0 Å². The van der Waals surface area contributed by atoms with Crippen molar-refractivity contribution in [3.8, 4) is 0 Å². The number of quaternary nitrogens is 2. The Kier molecular flexibility index (Phi) is 5.87. The molecule has 0 atom stereocenters. The highest BCUT2D eigenvalue weighted by Gasteiger charge is 2.40. The third kappa shape index (κ3) is 4.84. The molecule has 2 saturated heterocycles. The van der Waals surface area contributed by atoms with Gasteiger partial charge in [0.1, 0.15) is 6.54 Å². The maximum atomic E-state index is 6.34. The van der Waals surface area contributed by atoms with Crippen molar-refractivity contribution in [3.63, 3.8) is 0 Å². The van der Waals surface area contributed by atoms with E-state index in [0.29, 0.717) is 0 Å². The van der Waals surface area contributed by atoms with Crippen molar-refractivity contribution in [2.75, 3.05) is 67.1 Å². The number of hydrogen-bond acceptors (Lipinski definition) is 1. The zero-order valence-corrected chi connectivity index (χ0v) is 16.7. The van der Waals surface area contributed by atoms with Crippen LogP contribution in [-0.2, 0) is 10.2 Å². The molecule has 2 aliphatic rings. The molecule has 2 heterocycles. The van der Waals surface area contributed by atoms with Crippen LogP contribution in [0, 0.1) is 0 Å². The summed E-state index contributed by atoms with van der Waals surface area (Å²) in [6.45, 7) is 8.11. The van der Waals surface area contributed by atoms with Crippen LogP contribution in [0.5, 0.6) is 0 Å². The van der Waals surface area contributed by atoms with E-state index in [1.54, 1.807) is 0 Å². The molecule has 0 amide bonds. The summed E-state index contributed by atoms with van der Waals surface area (Å²) in [5.41, 5.74) is 1.70. The van der Waals surface area contributed by atoms with Gasteiger partial charge in [0, 0.05) is 18.3 Å². The molecule has 0 unspecified atom stereocenters. The fraction of sp³-hybridized carbons (Fsp3) is 0.727. The summed E-state index contributed by atoms with van der Waals surface area (Å²) in [5.74, 6) is 0. The molecule has 25 heavy (non-hydrogen) atoms. The molecule has 2 fully saturated rings. The molecule has 140 valence electrons. The number of hydrogen-bond donors (Lipinski definition) is 0. The lowest BCUT2D eigenvalue weighted by Crippen LogP contribution is -2.53. The molecule has 0 N–H and O–H groups in total. The van der Waals surface area contributed by atoms with Crippen LogP contribution in [0.4, 0.5) is 0 Å². The summed E-state index contributed by atoms with van der Waals surface area (Å²) in [6, 6.07) is 11.1. The number of ether oxygens (including phenoxy) is 1. The van der Waals surface area contributed by atoms with Crippen LogP contribution in [0.15, 0.2) is 30.3 Å². The molecule has 3 rings (SSSR count). The largest absolute Gasteiger partial charge is 0.375 e. The Hall–Kier alpha value is -0.900. The number of likely N-dealkylation sites (N-methyl/N-ethyl adjacent to an activating group) is 1. The minimum Gasteiger partial charge on any atom is -0.375 e. The molecule has 0 aromatic heterocycles. The normalized spacial score (nSPS) is 24.8. The molecule has 1 aromatic rings. The van der Waals surface area contributed by atoms with E-state index in [-0.39, 0.29) is 5.41 Å². The molecular weight excluding hydrogens is 308 g/mol. The van der Waals surface area contributed by atoms with Gasteiger partial charge in [-0.2, -0.15) is 0 Å². The lowest BCUT2D eigenvalue weighted by Gasteiger charge is -2.45. The van der Waals surface area contributed by atoms with Gasteiger partial charge in [-0.25, -0.2) is 0 Å². The van der Waals surface area contributed by atoms with Gasteiger partial charge in [0.15, 0.2) is 0 Å². The highest BCUT2D eigenvalue weighted by molar-refractivity contribution is 5.26. The summed E-state index contributed by atoms with van der Waals surface area (Å²) in [4.78, 5) is 0. The van der Waals surface area contributed by atoms with Gasteiger partial charge in [0.25, 0.3) is 0 Å². The van der Waals surface area contributed by atoms with Gasteiger partial charge >= 0.3 is 0 Å². The van der Waals surface area contributed by atoms with E-state index in [1.807, 2.05) is 0 Å². The Morgan fingerprint density at radius 2 is 1.52 bits per heavy atom. The highest BCUT2D eigenvalue weighted by atomic mass is 16.5. The summed E-state index contributed by atoms with van der Waals surface area (Å²) < 4.78 is 8.70. The van der Waals surface area contributed by atoms with Crippen molar-refractivity contribution in [2.24, 2.45) is 0 Å². The van der Waals surface area contributed by atoms with Gasteiger partial charge in [-0.05, 0) is 24.8 Å². The average molecular weight is 347 g/mol. The Balaban J connectivity index is 1.59. The van der Waals surface area contributed by atoms with Crippen LogP contribution in [-0.4, -0.2) is 76.0 Å². The minimum absolute atomic E-state index is 0.218. The first kappa shape index (κ1) is 18.9. The molecule has 3 heteroatoms. The molecule has 0 aliphatic carbocycles. The maximum absolute atomic E-state index is 6.34. The first-order valence-electron chi connectivity index (χ1n) is 10.2. The van der Waals surface area contributed by atoms with Crippen LogP contribution in [0.1, 0.15) is 37.7 Å². The molecular formula is C22H38N2O+2. The van der Waals surface area contributed by atoms with E-state index in [0.717, 1.165) is 17.7 Å². The Labute approximate surface area is 154 Å². The fourth-order valence-electron chi connectivity index (χ4n) is 4.63. The van der Waals surface area contributed by atoms with E-state index in [9.17, 15) is 0 Å². The predicted octanol–water partition coefficient (Wildman–Crippen LogP) is 3.44. The van der Waals surface area contributed by atoms with Gasteiger partial charge < -0.3 is 13.7 Å². The van der Waals surface area contributed by atoms with Crippen LogP contribution >= 0.6 is 0 Å². The summed E-state index contributed by atoms with van der Waals surface area (Å²) >= 11 is 0. The zero-order valence-electron chi connectivity index (χ0n) is 16.7. The SMILES string of the molecule is C[N+]1(C)CCC(COCC[N+]2(C)CCCCC2)(c2ccccc2)CC1. The first-order chi connectivity index (χ1) is 11.9.